The van der Waals surface area contributed by atoms with Gasteiger partial charge in [-0.2, -0.15) is 11.8 Å². The van der Waals surface area contributed by atoms with Gasteiger partial charge >= 0.3 is 5.97 Å². The van der Waals surface area contributed by atoms with Gasteiger partial charge in [0.25, 0.3) is 0 Å². The van der Waals surface area contributed by atoms with E-state index in [1.807, 2.05) is 34.0 Å². The lowest BCUT2D eigenvalue weighted by Crippen LogP contribution is -2.57. The lowest BCUT2D eigenvalue weighted by Gasteiger charge is -2.26. The third-order valence-corrected chi connectivity index (χ3v) is 5.52. The maximum Gasteiger partial charge on any atom is 0.325 e. The highest BCUT2D eigenvalue weighted by atomic mass is 32.2. The van der Waals surface area contributed by atoms with Gasteiger partial charge in [-0.25, -0.2) is 0 Å². The number of aliphatic carboxylic acids is 1. The van der Waals surface area contributed by atoms with Crippen LogP contribution in [0.4, 0.5) is 0 Å². The maximum atomic E-state index is 12.9. The number of carboxylic acids is 1. The van der Waals surface area contributed by atoms with Crippen LogP contribution in [0, 0.1) is 11.8 Å². The van der Waals surface area contributed by atoms with Crippen LogP contribution in [0.1, 0.15) is 53.9 Å². The van der Waals surface area contributed by atoms with Crippen molar-refractivity contribution in [2.75, 3.05) is 12.0 Å². The van der Waals surface area contributed by atoms with Crippen molar-refractivity contribution in [2.45, 2.75) is 78.0 Å². The monoisotopic (exact) mass is 446 g/mol. The average molecular weight is 447 g/mol. The second kappa shape index (κ2) is 14.2. The summed E-state index contributed by atoms with van der Waals surface area (Å²) >= 11 is 1.53. The van der Waals surface area contributed by atoms with Crippen LogP contribution in [0.25, 0.3) is 0 Å². The van der Waals surface area contributed by atoms with Crippen molar-refractivity contribution in [1.82, 2.24) is 16.0 Å². The lowest BCUT2D eigenvalue weighted by molar-refractivity contribution is -0.142. The minimum absolute atomic E-state index is 0.0359. The van der Waals surface area contributed by atoms with Crippen LogP contribution in [0.15, 0.2) is 0 Å². The van der Waals surface area contributed by atoms with Gasteiger partial charge in [0.15, 0.2) is 0 Å². The summed E-state index contributed by atoms with van der Waals surface area (Å²) in [6.45, 7) is 8.94. The number of amides is 3. The van der Waals surface area contributed by atoms with Crippen molar-refractivity contribution in [3.8, 4) is 0 Å². The number of thioether (sulfide) groups is 1. The third kappa shape index (κ3) is 10.3. The van der Waals surface area contributed by atoms with E-state index in [9.17, 15) is 19.2 Å². The van der Waals surface area contributed by atoms with Crippen LogP contribution in [0.5, 0.6) is 0 Å². The zero-order valence-corrected chi connectivity index (χ0v) is 19.7. The topological polar surface area (TPSA) is 151 Å². The summed E-state index contributed by atoms with van der Waals surface area (Å²) in [5.74, 6) is -1.95. The summed E-state index contributed by atoms with van der Waals surface area (Å²) in [6.07, 6.45) is 3.34. The summed E-state index contributed by atoms with van der Waals surface area (Å²) in [6, 6.07) is -3.55. The van der Waals surface area contributed by atoms with E-state index in [1.54, 1.807) is 0 Å². The zero-order valence-electron chi connectivity index (χ0n) is 18.9. The molecule has 0 bridgehead atoms. The molecule has 0 saturated heterocycles. The summed E-state index contributed by atoms with van der Waals surface area (Å²) in [5.41, 5.74) is 5.98. The Kier molecular flexibility index (Phi) is 13.4. The molecule has 0 aliphatic carbocycles. The number of rotatable bonds is 14. The molecule has 0 rings (SSSR count). The molecule has 0 radical (unpaired) electrons. The molecule has 0 aromatic heterocycles. The van der Waals surface area contributed by atoms with Crippen LogP contribution in [-0.4, -0.2) is 65.0 Å². The molecule has 5 atom stereocenters. The van der Waals surface area contributed by atoms with E-state index in [1.165, 1.54) is 18.7 Å². The number of carbonyl (C=O) groups excluding carboxylic acids is 3. The predicted molar refractivity (Wildman–Crippen MR) is 119 cm³/mol. The first-order chi connectivity index (χ1) is 13.9. The Morgan fingerprint density at radius 3 is 1.93 bits per heavy atom. The van der Waals surface area contributed by atoms with E-state index in [0.717, 1.165) is 6.42 Å². The van der Waals surface area contributed by atoms with E-state index in [-0.39, 0.29) is 11.8 Å². The lowest BCUT2D eigenvalue weighted by atomic mass is 9.98. The van der Waals surface area contributed by atoms with Crippen molar-refractivity contribution in [2.24, 2.45) is 17.6 Å². The second-order valence-electron chi connectivity index (χ2n) is 8.01. The molecule has 6 N–H and O–H groups in total. The molecular formula is C20H38N4O5S. The van der Waals surface area contributed by atoms with E-state index in [2.05, 4.69) is 16.0 Å². The van der Waals surface area contributed by atoms with Gasteiger partial charge in [0.2, 0.25) is 17.7 Å². The van der Waals surface area contributed by atoms with Crippen molar-refractivity contribution < 1.29 is 24.3 Å². The average Bonchev–Trinajstić information content (AvgIpc) is 2.68. The molecule has 174 valence electrons. The molecule has 5 unspecified atom stereocenters. The van der Waals surface area contributed by atoms with Gasteiger partial charge < -0.3 is 26.8 Å². The quantitative estimate of drug-likeness (QED) is 0.264. The SMILES string of the molecule is CCC(C)C(N)C(=O)NC(CCSC)C(=O)NC(CC(C)C)C(=O)NC(C)C(=O)O. The van der Waals surface area contributed by atoms with Crippen molar-refractivity contribution in [3.63, 3.8) is 0 Å². The highest BCUT2D eigenvalue weighted by molar-refractivity contribution is 7.98. The second-order valence-corrected chi connectivity index (χ2v) is 9.00. The minimum Gasteiger partial charge on any atom is -0.480 e. The van der Waals surface area contributed by atoms with Gasteiger partial charge in [-0.1, -0.05) is 34.1 Å². The molecule has 30 heavy (non-hydrogen) atoms. The molecule has 0 aliphatic rings. The summed E-state index contributed by atoms with van der Waals surface area (Å²) < 4.78 is 0. The molecule has 0 spiro atoms. The molecule has 0 fully saturated rings. The first-order valence-electron chi connectivity index (χ1n) is 10.3. The third-order valence-electron chi connectivity index (χ3n) is 4.87. The van der Waals surface area contributed by atoms with Crippen molar-refractivity contribution in [3.05, 3.63) is 0 Å². The number of nitrogens with two attached hydrogens (primary N) is 1. The van der Waals surface area contributed by atoms with Gasteiger partial charge in [-0.3, -0.25) is 19.2 Å². The number of nitrogens with one attached hydrogen (secondary N) is 3. The largest absolute Gasteiger partial charge is 0.480 e. The van der Waals surface area contributed by atoms with Gasteiger partial charge in [-0.05, 0) is 43.6 Å². The van der Waals surface area contributed by atoms with Crippen LogP contribution >= 0.6 is 11.8 Å². The molecule has 9 nitrogen and oxygen atoms in total. The van der Waals surface area contributed by atoms with Gasteiger partial charge in [0.05, 0.1) is 6.04 Å². The summed E-state index contributed by atoms with van der Waals surface area (Å²) in [5, 5.41) is 16.8. The highest BCUT2D eigenvalue weighted by Gasteiger charge is 2.30. The van der Waals surface area contributed by atoms with Crippen LogP contribution in [-0.2, 0) is 19.2 Å². The Hall–Kier alpha value is -1.81. The molecule has 0 heterocycles. The zero-order chi connectivity index (χ0) is 23.4. The Balaban J connectivity index is 5.33. The predicted octanol–water partition coefficient (Wildman–Crippen LogP) is 0.718. The van der Waals surface area contributed by atoms with Gasteiger partial charge in [0.1, 0.15) is 18.1 Å². The minimum atomic E-state index is -1.16. The molecule has 0 aromatic rings. The molecule has 0 saturated carbocycles. The fourth-order valence-corrected chi connectivity index (χ4v) is 3.11. The molecule has 10 heteroatoms. The Morgan fingerprint density at radius 2 is 1.47 bits per heavy atom. The molecule has 0 aliphatic heterocycles. The summed E-state index contributed by atoms with van der Waals surface area (Å²) in [7, 11) is 0. The Bertz CT molecular complexity index is 588. The van der Waals surface area contributed by atoms with Gasteiger partial charge in [0, 0.05) is 0 Å². The normalized spacial score (nSPS) is 16.1. The first kappa shape index (κ1) is 28.2. The molecular weight excluding hydrogens is 408 g/mol. The van der Waals surface area contributed by atoms with Crippen molar-refractivity contribution in [1.29, 1.82) is 0 Å². The van der Waals surface area contributed by atoms with Crippen molar-refractivity contribution >= 4 is 35.5 Å². The van der Waals surface area contributed by atoms with Crippen LogP contribution in [0.2, 0.25) is 0 Å². The smallest absolute Gasteiger partial charge is 0.325 e. The molecule has 0 aromatic carbocycles. The Labute approximate surface area is 183 Å². The highest BCUT2D eigenvalue weighted by Crippen LogP contribution is 2.09. The first-order valence-corrected chi connectivity index (χ1v) is 11.7. The van der Waals surface area contributed by atoms with Gasteiger partial charge in [-0.15, -0.1) is 0 Å². The van der Waals surface area contributed by atoms with Crippen LogP contribution < -0.4 is 21.7 Å². The number of hydrogen-bond acceptors (Lipinski definition) is 6. The molecule has 3 amide bonds. The maximum absolute atomic E-state index is 12.9. The fourth-order valence-electron chi connectivity index (χ4n) is 2.64. The van der Waals surface area contributed by atoms with E-state index >= 15 is 0 Å². The van der Waals surface area contributed by atoms with E-state index < -0.39 is 47.9 Å². The fraction of sp³-hybridized carbons (Fsp3) is 0.800. The standard InChI is InChI=1S/C20H38N4O5S/c1-7-12(4)16(21)19(27)23-14(8-9-30-6)17(25)24-15(10-11(2)3)18(26)22-13(5)20(28)29/h11-16H,7-10,21H2,1-6H3,(H,22,26)(H,23,27)(H,24,25)(H,28,29). The number of carboxylic acid groups (broad SMARTS) is 1. The van der Waals surface area contributed by atoms with E-state index in [0.29, 0.717) is 18.6 Å². The summed E-state index contributed by atoms with van der Waals surface area (Å²) in [4.78, 5) is 48.9. The number of hydrogen-bond donors (Lipinski definition) is 5. The Morgan fingerprint density at radius 1 is 0.933 bits per heavy atom. The van der Waals surface area contributed by atoms with Crippen LogP contribution in [0.3, 0.4) is 0 Å². The number of carbonyl (C=O) groups is 4. The van der Waals surface area contributed by atoms with E-state index in [4.69, 9.17) is 10.8 Å².